The van der Waals surface area contributed by atoms with Gasteiger partial charge in [0.15, 0.2) is 0 Å². The Morgan fingerprint density at radius 1 is 1.22 bits per heavy atom. The molecule has 0 amide bonds. The van der Waals surface area contributed by atoms with E-state index in [1.807, 2.05) is 0 Å². The molecule has 1 heterocycles. The van der Waals surface area contributed by atoms with E-state index in [-0.39, 0.29) is 18.8 Å². The summed E-state index contributed by atoms with van der Waals surface area (Å²) in [7, 11) is 0. The van der Waals surface area contributed by atoms with E-state index in [1.54, 1.807) is 18.2 Å². The van der Waals surface area contributed by atoms with Crippen LogP contribution in [0.5, 0.6) is 5.75 Å². The van der Waals surface area contributed by atoms with Gasteiger partial charge < -0.3 is 14.7 Å². The molecule has 1 N–H and O–H groups in total. The van der Waals surface area contributed by atoms with E-state index in [0.29, 0.717) is 28.3 Å². The lowest BCUT2D eigenvalue weighted by Crippen LogP contribution is -2.36. The number of carboxylic acid groups (broad SMARTS) is 1. The summed E-state index contributed by atoms with van der Waals surface area (Å²) in [6.07, 6.45) is 3.11. The summed E-state index contributed by atoms with van der Waals surface area (Å²) < 4.78 is 5.79. The van der Waals surface area contributed by atoms with E-state index in [4.69, 9.17) is 33.0 Å². The number of piperidine rings is 1. The Balaban J connectivity index is 0.00000264. The molecule has 1 aliphatic heterocycles. The first-order chi connectivity index (χ1) is 10.5. The van der Waals surface area contributed by atoms with Crippen molar-refractivity contribution in [3.05, 3.63) is 28.2 Å². The average Bonchev–Trinajstić information content (AvgIpc) is 2.45. The molecule has 2 rings (SSSR count). The van der Waals surface area contributed by atoms with Crippen molar-refractivity contribution in [2.45, 2.75) is 25.7 Å². The second-order valence-electron chi connectivity index (χ2n) is 5.70. The molecule has 1 saturated heterocycles. The maximum absolute atomic E-state index is 10.5. The maximum Gasteiger partial charge on any atom is 0.303 e. The Kier molecular flexibility index (Phi) is 9.07. The Morgan fingerprint density at radius 3 is 2.39 bits per heavy atom. The van der Waals surface area contributed by atoms with Crippen LogP contribution in [0.25, 0.3) is 0 Å². The second-order valence-corrected chi connectivity index (χ2v) is 6.57. The summed E-state index contributed by atoms with van der Waals surface area (Å²) in [5.74, 6) is 0.512. The van der Waals surface area contributed by atoms with Crippen LogP contribution in [0.4, 0.5) is 0 Å². The average molecular weight is 383 g/mol. The van der Waals surface area contributed by atoms with Crippen molar-refractivity contribution < 1.29 is 14.6 Å². The summed E-state index contributed by atoms with van der Waals surface area (Å²) in [5, 5.41) is 9.81. The molecule has 0 unspecified atom stereocenters. The van der Waals surface area contributed by atoms with Gasteiger partial charge in [-0.2, -0.15) is 0 Å². The molecule has 23 heavy (non-hydrogen) atoms. The highest BCUT2D eigenvalue weighted by Gasteiger charge is 2.19. The molecule has 0 saturated carbocycles. The molecule has 130 valence electrons. The monoisotopic (exact) mass is 381 g/mol. The molecule has 0 bridgehead atoms. The van der Waals surface area contributed by atoms with E-state index in [1.165, 1.54) is 0 Å². The number of halogens is 3. The number of carboxylic acids is 1. The van der Waals surface area contributed by atoms with Crippen molar-refractivity contribution in [2.24, 2.45) is 5.92 Å². The fraction of sp³-hybridized carbons (Fsp3) is 0.562. The highest BCUT2D eigenvalue weighted by molar-refractivity contribution is 6.34. The zero-order chi connectivity index (χ0) is 15.9. The first-order valence-corrected chi connectivity index (χ1v) is 8.31. The van der Waals surface area contributed by atoms with Gasteiger partial charge >= 0.3 is 5.97 Å². The van der Waals surface area contributed by atoms with Crippen LogP contribution in [0.1, 0.15) is 25.7 Å². The third-order valence-corrected chi connectivity index (χ3v) is 4.33. The predicted molar refractivity (Wildman–Crippen MR) is 95.2 cm³/mol. The molecule has 0 aliphatic carbocycles. The van der Waals surface area contributed by atoms with Gasteiger partial charge in [0.1, 0.15) is 5.75 Å². The summed E-state index contributed by atoms with van der Waals surface area (Å²) in [6, 6.07) is 5.23. The van der Waals surface area contributed by atoms with E-state index < -0.39 is 5.97 Å². The topological polar surface area (TPSA) is 49.8 Å². The Bertz CT molecular complexity index is 485. The fourth-order valence-electron chi connectivity index (χ4n) is 2.66. The molecule has 1 aliphatic rings. The van der Waals surface area contributed by atoms with Crippen LogP contribution in [0.2, 0.25) is 10.0 Å². The molecule has 0 spiro atoms. The zero-order valence-corrected chi connectivity index (χ0v) is 15.2. The molecule has 0 aromatic heterocycles. The minimum atomic E-state index is -0.719. The summed E-state index contributed by atoms with van der Waals surface area (Å²) in [4.78, 5) is 12.8. The number of rotatable bonds is 7. The number of hydrogen-bond acceptors (Lipinski definition) is 3. The Labute approximate surface area is 153 Å². The quantitative estimate of drug-likeness (QED) is 0.760. The second kappa shape index (κ2) is 10.2. The molecule has 7 heteroatoms. The number of ether oxygens (including phenoxy) is 1. The van der Waals surface area contributed by atoms with Crippen LogP contribution >= 0.6 is 35.6 Å². The van der Waals surface area contributed by atoms with Crippen molar-refractivity contribution in [3.8, 4) is 5.75 Å². The van der Waals surface area contributed by atoms with Crippen LogP contribution in [0.3, 0.4) is 0 Å². The first kappa shape index (κ1) is 20.4. The molecule has 0 radical (unpaired) electrons. The normalized spacial score (nSPS) is 15.9. The molecular formula is C16H22Cl3NO3. The number of likely N-dealkylation sites (tertiary alicyclic amines) is 1. The predicted octanol–water partition coefficient (Wildman–Crippen LogP) is 4.37. The van der Waals surface area contributed by atoms with Gasteiger partial charge in [0.05, 0.1) is 6.61 Å². The van der Waals surface area contributed by atoms with Gasteiger partial charge in [0.2, 0.25) is 0 Å². The summed E-state index contributed by atoms with van der Waals surface area (Å²) >= 11 is 11.9. The van der Waals surface area contributed by atoms with Gasteiger partial charge in [0, 0.05) is 16.5 Å². The zero-order valence-electron chi connectivity index (χ0n) is 12.8. The lowest BCUT2D eigenvalue weighted by molar-refractivity contribution is -0.137. The van der Waals surface area contributed by atoms with Crippen LogP contribution in [-0.2, 0) is 4.79 Å². The number of aliphatic carboxylic acids is 1. The van der Waals surface area contributed by atoms with E-state index in [0.717, 1.165) is 38.9 Å². The number of nitrogens with zero attached hydrogens (tertiary/aromatic N) is 1. The molecule has 0 atom stereocenters. The summed E-state index contributed by atoms with van der Waals surface area (Å²) in [5.41, 5.74) is 0. The van der Waals surface area contributed by atoms with Gasteiger partial charge in [-0.1, -0.05) is 23.2 Å². The van der Waals surface area contributed by atoms with E-state index >= 15 is 0 Å². The third-order valence-electron chi connectivity index (χ3n) is 3.89. The Morgan fingerprint density at radius 2 is 1.83 bits per heavy atom. The van der Waals surface area contributed by atoms with E-state index in [9.17, 15) is 4.79 Å². The van der Waals surface area contributed by atoms with Crippen molar-refractivity contribution in [1.29, 1.82) is 0 Å². The van der Waals surface area contributed by atoms with Gasteiger partial charge in [-0.25, -0.2) is 0 Å². The maximum atomic E-state index is 10.5. The van der Waals surface area contributed by atoms with Gasteiger partial charge in [0.25, 0.3) is 0 Å². The van der Waals surface area contributed by atoms with Crippen molar-refractivity contribution in [2.75, 3.05) is 26.2 Å². The molecule has 1 aromatic rings. The molecule has 1 aromatic carbocycles. The van der Waals surface area contributed by atoms with Gasteiger partial charge in [-0.3, -0.25) is 4.79 Å². The molecular weight excluding hydrogens is 361 g/mol. The molecule has 1 fully saturated rings. The van der Waals surface area contributed by atoms with Crippen LogP contribution in [0, 0.1) is 5.92 Å². The Hall–Kier alpha value is -0.680. The van der Waals surface area contributed by atoms with Crippen molar-refractivity contribution in [1.82, 2.24) is 4.90 Å². The minimum Gasteiger partial charge on any atom is -0.493 e. The lowest BCUT2D eigenvalue weighted by atomic mass is 9.97. The first-order valence-electron chi connectivity index (χ1n) is 7.56. The number of hydrogen-bond donors (Lipinski definition) is 1. The van der Waals surface area contributed by atoms with E-state index in [2.05, 4.69) is 4.90 Å². The third kappa shape index (κ3) is 7.62. The summed E-state index contributed by atoms with van der Waals surface area (Å²) in [6.45, 7) is 3.54. The SMILES string of the molecule is Cl.O=C(O)CCCN1CCC(COc2cc(Cl)cc(Cl)c2)CC1. The van der Waals surface area contributed by atoms with Crippen LogP contribution < -0.4 is 4.74 Å². The standard InChI is InChI=1S/C16H21Cl2NO3.ClH/c17-13-8-14(18)10-15(9-13)22-11-12-3-6-19(7-4-12)5-1-2-16(20)21;/h8-10,12H,1-7,11H2,(H,20,21);1H. The lowest BCUT2D eigenvalue weighted by Gasteiger charge is -2.31. The van der Waals surface area contributed by atoms with Crippen molar-refractivity contribution in [3.63, 3.8) is 0 Å². The number of benzene rings is 1. The molecule has 4 nitrogen and oxygen atoms in total. The number of carbonyl (C=O) groups is 1. The minimum absolute atomic E-state index is 0. The van der Waals surface area contributed by atoms with Gasteiger partial charge in [-0.15, -0.1) is 12.4 Å². The van der Waals surface area contributed by atoms with Crippen LogP contribution in [-0.4, -0.2) is 42.2 Å². The van der Waals surface area contributed by atoms with Crippen LogP contribution in [0.15, 0.2) is 18.2 Å². The fourth-order valence-corrected chi connectivity index (χ4v) is 3.16. The van der Waals surface area contributed by atoms with Gasteiger partial charge in [-0.05, 0) is 63.0 Å². The van der Waals surface area contributed by atoms with Crippen molar-refractivity contribution >= 4 is 41.6 Å². The smallest absolute Gasteiger partial charge is 0.303 e. The highest BCUT2D eigenvalue weighted by Crippen LogP contribution is 2.26. The highest BCUT2D eigenvalue weighted by atomic mass is 35.5. The largest absolute Gasteiger partial charge is 0.493 e.